The van der Waals surface area contributed by atoms with Gasteiger partial charge in [-0.3, -0.25) is 9.89 Å². The van der Waals surface area contributed by atoms with Crippen LogP contribution in [0.15, 0.2) is 35.3 Å². The summed E-state index contributed by atoms with van der Waals surface area (Å²) in [7, 11) is 4.12. The Labute approximate surface area is 163 Å². The first-order valence-corrected chi connectivity index (χ1v) is 10.3. The Kier molecular flexibility index (Phi) is 5.95. The van der Waals surface area contributed by atoms with Gasteiger partial charge in [-0.25, -0.2) is 0 Å². The topological polar surface area (TPSA) is 43.3 Å². The van der Waals surface area contributed by atoms with Gasteiger partial charge in [-0.1, -0.05) is 30.3 Å². The van der Waals surface area contributed by atoms with Crippen LogP contribution in [0.3, 0.4) is 0 Å². The second kappa shape index (κ2) is 8.59. The third-order valence-electron chi connectivity index (χ3n) is 6.32. The number of hydrogen-bond donors (Lipinski definition) is 1. The molecule has 1 aromatic rings. The maximum Gasteiger partial charge on any atom is 0.193 e. The lowest BCUT2D eigenvalue weighted by atomic mass is 10.1. The van der Waals surface area contributed by atoms with Crippen LogP contribution in [0.4, 0.5) is 0 Å². The molecule has 148 valence electrons. The molecule has 6 nitrogen and oxygen atoms in total. The average molecular weight is 372 g/mol. The molecule has 1 N–H and O–H groups in total. The van der Waals surface area contributed by atoms with Crippen LogP contribution >= 0.6 is 0 Å². The van der Waals surface area contributed by atoms with Gasteiger partial charge in [0.2, 0.25) is 0 Å². The summed E-state index contributed by atoms with van der Waals surface area (Å²) < 4.78 is 6.12. The van der Waals surface area contributed by atoms with Gasteiger partial charge in [0.05, 0.1) is 18.8 Å². The molecule has 3 fully saturated rings. The van der Waals surface area contributed by atoms with Crippen LogP contribution in [-0.4, -0.2) is 92.3 Å². The number of likely N-dealkylation sites (N-methyl/N-ethyl adjacent to an activating group) is 1. The highest BCUT2D eigenvalue weighted by Crippen LogP contribution is 2.25. The lowest BCUT2D eigenvalue weighted by Crippen LogP contribution is -2.50. The van der Waals surface area contributed by atoms with E-state index in [4.69, 9.17) is 4.74 Å². The number of aliphatic imine (C=N–C) groups is 1. The van der Waals surface area contributed by atoms with Crippen LogP contribution in [0, 0.1) is 0 Å². The van der Waals surface area contributed by atoms with E-state index >= 15 is 0 Å². The molecule has 0 amide bonds. The molecule has 6 heteroatoms. The van der Waals surface area contributed by atoms with Gasteiger partial charge in [0.15, 0.2) is 5.96 Å². The lowest BCUT2D eigenvalue weighted by Gasteiger charge is -2.36. The molecular formula is C21H33N5O. The van der Waals surface area contributed by atoms with Gasteiger partial charge in [0, 0.05) is 45.8 Å². The van der Waals surface area contributed by atoms with Crippen molar-refractivity contribution >= 4 is 5.96 Å². The van der Waals surface area contributed by atoms with Gasteiger partial charge in [0.1, 0.15) is 0 Å². The highest BCUT2D eigenvalue weighted by Gasteiger charge is 2.41. The zero-order valence-corrected chi connectivity index (χ0v) is 16.7. The van der Waals surface area contributed by atoms with Crippen LogP contribution in [0.2, 0.25) is 0 Å². The number of guanidine groups is 1. The van der Waals surface area contributed by atoms with Crippen molar-refractivity contribution in [2.75, 3.05) is 53.4 Å². The van der Waals surface area contributed by atoms with E-state index in [0.29, 0.717) is 12.1 Å². The molecule has 0 saturated carbocycles. The maximum absolute atomic E-state index is 6.12. The van der Waals surface area contributed by atoms with Gasteiger partial charge in [-0.05, 0) is 32.0 Å². The summed E-state index contributed by atoms with van der Waals surface area (Å²) in [4.78, 5) is 12.0. The molecule has 3 atom stereocenters. The van der Waals surface area contributed by atoms with Crippen LogP contribution in [-0.2, 0) is 11.3 Å². The predicted molar refractivity (Wildman–Crippen MR) is 109 cm³/mol. The van der Waals surface area contributed by atoms with E-state index in [-0.39, 0.29) is 6.10 Å². The quantitative estimate of drug-likeness (QED) is 0.637. The minimum atomic E-state index is 0.273. The Balaban J connectivity index is 1.36. The zero-order chi connectivity index (χ0) is 18.6. The summed E-state index contributed by atoms with van der Waals surface area (Å²) in [5, 5.41) is 3.62. The van der Waals surface area contributed by atoms with Gasteiger partial charge in [-0.15, -0.1) is 0 Å². The number of ether oxygens (including phenoxy) is 1. The number of morpholine rings is 1. The third kappa shape index (κ3) is 4.28. The normalized spacial score (nSPS) is 29.9. The SMILES string of the molecule is CN=C(NCC1CCCN1C)N1CC2OCCN(Cc3ccccc3)C2C1. The van der Waals surface area contributed by atoms with Crippen LogP contribution in [0.1, 0.15) is 18.4 Å². The van der Waals surface area contributed by atoms with Crippen molar-refractivity contribution in [1.82, 2.24) is 20.0 Å². The van der Waals surface area contributed by atoms with Crippen molar-refractivity contribution in [1.29, 1.82) is 0 Å². The summed E-state index contributed by atoms with van der Waals surface area (Å²) >= 11 is 0. The lowest BCUT2D eigenvalue weighted by molar-refractivity contribution is -0.0502. The predicted octanol–water partition coefficient (Wildman–Crippen LogP) is 1.24. The van der Waals surface area contributed by atoms with Gasteiger partial charge in [0.25, 0.3) is 0 Å². The van der Waals surface area contributed by atoms with Gasteiger partial charge in [-0.2, -0.15) is 0 Å². The summed E-state index contributed by atoms with van der Waals surface area (Å²) in [6.07, 6.45) is 2.85. The van der Waals surface area contributed by atoms with E-state index in [2.05, 4.69) is 62.4 Å². The van der Waals surface area contributed by atoms with Crippen molar-refractivity contribution in [2.24, 2.45) is 4.99 Å². The van der Waals surface area contributed by atoms with Crippen molar-refractivity contribution in [3.05, 3.63) is 35.9 Å². The third-order valence-corrected chi connectivity index (χ3v) is 6.32. The average Bonchev–Trinajstić information content (AvgIpc) is 3.30. The highest BCUT2D eigenvalue weighted by molar-refractivity contribution is 5.80. The molecule has 1 aromatic carbocycles. The Bertz CT molecular complexity index is 637. The molecule has 3 unspecified atom stereocenters. The number of likely N-dealkylation sites (tertiary alicyclic amines) is 2. The summed E-state index contributed by atoms with van der Waals surface area (Å²) in [6, 6.07) is 11.8. The van der Waals surface area contributed by atoms with Crippen molar-refractivity contribution in [3.63, 3.8) is 0 Å². The van der Waals surface area contributed by atoms with Gasteiger partial charge >= 0.3 is 0 Å². The smallest absolute Gasteiger partial charge is 0.193 e. The minimum absolute atomic E-state index is 0.273. The molecule has 27 heavy (non-hydrogen) atoms. The first kappa shape index (κ1) is 18.7. The first-order valence-electron chi connectivity index (χ1n) is 10.3. The number of rotatable bonds is 4. The molecule has 3 saturated heterocycles. The van der Waals surface area contributed by atoms with E-state index in [1.54, 1.807) is 0 Å². The van der Waals surface area contributed by atoms with E-state index in [1.807, 2.05) is 7.05 Å². The van der Waals surface area contributed by atoms with Crippen molar-refractivity contribution in [3.8, 4) is 0 Å². The summed E-state index contributed by atoms with van der Waals surface area (Å²) in [5.74, 6) is 1.02. The fraction of sp³-hybridized carbons (Fsp3) is 0.667. The number of fused-ring (bicyclic) bond motifs is 1. The zero-order valence-electron chi connectivity index (χ0n) is 16.7. The number of nitrogens with zero attached hydrogens (tertiary/aromatic N) is 4. The molecular weight excluding hydrogens is 338 g/mol. The number of hydrogen-bond acceptors (Lipinski definition) is 4. The first-order chi connectivity index (χ1) is 13.2. The minimum Gasteiger partial charge on any atom is -0.373 e. The maximum atomic E-state index is 6.12. The molecule has 4 rings (SSSR count). The Morgan fingerprint density at radius 3 is 2.81 bits per heavy atom. The fourth-order valence-electron chi connectivity index (χ4n) is 4.72. The molecule has 0 aliphatic carbocycles. The largest absolute Gasteiger partial charge is 0.373 e. The summed E-state index contributed by atoms with van der Waals surface area (Å²) in [6.45, 7) is 6.92. The van der Waals surface area contributed by atoms with E-state index in [9.17, 15) is 0 Å². The van der Waals surface area contributed by atoms with E-state index in [0.717, 1.165) is 45.3 Å². The second-order valence-electron chi connectivity index (χ2n) is 8.04. The molecule has 3 heterocycles. The van der Waals surface area contributed by atoms with E-state index in [1.165, 1.54) is 24.9 Å². The Morgan fingerprint density at radius 1 is 1.22 bits per heavy atom. The van der Waals surface area contributed by atoms with Crippen LogP contribution in [0.5, 0.6) is 0 Å². The van der Waals surface area contributed by atoms with Crippen LogP contribution < -0.4 is 5.32 Å². The Hall–Kier alpha value is -1.63. The monoisotopic (exact) mass is 371 g/mol. The summed E-state index contributed by atoms with van der Waals surface area (Å²) in [5.41, 5.74) is 1.38. The van der Waals surface area contributed by atoms with E-state index < -0.39 is 0 Å². The molecule has 0 radical (unpaired) electrons. The van der Waals surface area contributed by atoms with Gasteiger partial charge < -0.3 is 19.9 Å². The standard InChI is InChI=1S/C21H33N5O/c1-22-21(23-13-18-9-6-10-24(18)2)26-15-19-20(16-26)27-12-11-25(19)14-17-7-4-3-5-8-17/h3-5,7-8,18-20H,6,9-16H2,1-2H3,(H,22,23). The van der Waals surface area contributed by atoms with Crippen molar-refractivity contribution in [2.45, 2.75) is 37.6 Å². The fourth-order valence-corrected chi connectivity index (χ4v) is 4.72. The Morgan fingerprint density at radius 2 is 2.07 bits per heavy atom. The highest BCUT2D eigenvalue weighted by atomic mass is 16.5. The van der Waals surface area contributed by atoms with Crippen LogP contribution in [0.25, 0.3) is 0 Å². The second-order valence-corrected chi connectivity index (χ2v) is 8.04. The molecule has 3 aliphatic heterocycles. The molecule has 0 aromatic heterocycles. The molecule has 3 aliphatic rings. The number of benzene rings is 1. The molecule has 0 bridgehead atoms. The molecule has 0 spiro atoms. The van der Waals surface area contributed by atoms with Crippen molar-refractivity contribution < 1.29 is 4.74 Å². The number of nitrogens with one attached hydrogen (secondary N) is 1.